The van der Waals surface area contributed by atoms with Gasteiger partial charge in [0.15, 0.2) is 9.76 Å². The highest BCUT2D eigenvalue weighted by molar-refractivity contribution is 7.27. The summed E-state index contributed by atoms with van der Waals surface area (Å²) in [5, 5.41) is 0. The van der Waals surface area contributed by atoms with E-state index in [1.54, 1.807) is 0 Å². The lowest BCUT2D eigenvalue weighted by Gasteiger charge is -1.96. The van der Waals surface area contributed by atoms with Crippen molar-refractivity contribution in [1.29, 1.82) is 0 Å². The first-order chi connectivity index (χ1) is 3.41. The van der Waals surface area contributed by atoms with Gasteiger partial charge in [-0.1, -0.05) is 6.55 Å². The molecule has 0 aromatic rings. The van der Waals surface area contributed by atoms with Gasteiger partial charge in [-0.05, 0) is 6.92 Å². The molecule has 0 N–H and O–H groups in total. The summed E-state index contributed by atoms with van der Waals surface area (Å²) in [5.41, 5.74) is 0. The molecule has 0 bridgehead atoms. The topological polar surface area (TPSA) is 18.5 Å². The van der Waals surface area contributed by atoms with Gasteiger partial charge >= 0.3 is 0 Å². The van der Waals surface area contributed by atoms with Crippen molar-refractivity contribution in [1.82, 2.24) is 0 Å². The average molecular weight is 138 g/mol. The van der Waals surface area contributed by atoms with E-state index in [9.17, 15) is 0 Å². The van der Waals surface area contributed by atoms with Crippen LogP contribution >= 0.6 is 9.03 Å². The number of hydrogen-bond acceptors (Lipinski definition) is 2. The average Bonchev–Trinajstić information content (AvgIpc) is 1.69. The Bertz CT molecular complexity index is 32.1. The summed E-state index contributed by atoms with van der Waals surface area (Å²) in [6.07, 6.45) is 0. The lowest BCUT2D eigenvalue weighted by atomic mass is 10.9. The fourth-order valence-electron chi connectivity index (χ4n) is 0.160. The van der Waals surface area contributed by atoms with Crippen molar-refractivity contribution < 1.29 is 8.74 Å². The Morgan fingerprint density at radius 2 is 2.43 bits per heavy atom. The first-order valence-corrected chi connectivity index (χ1v) is 5.21. The molecule has 44 valence electrons. The third kappa shape index (κ3) is 6.57. The van der Waals surface area contributed by atoms with E-state index >= 15 is 0 Å². The van der Waals surface area contributed by atoms with E-state index in [2.05, 4.69) is 6.55 Å². The highest BCUT2D eigenvalue weighted by Crippen LogP contribution is 2.10. The van der Waals surface area contributed by atoms with Crippen molar-refractivity contribution in [3.05, 3.63) is 0 Å². The van der Waals surface area contributed by atoms with Gasteiger partial charge in [-0.15, -0.1) is 0 Å². The van der Waals surface area contributed by atoms with Crippen LogP contribution in [0.25, 0.3) is 0 Å². The zero-order valence-electron chi connectivity index (χ0n) is 4.73. The van der Waals surface area contributed by atoms with Gasteiger partial charge in [0.05, 0.1) is 6.61 Å². The standard InChI is InChI=1S/C3H11O2PSi/c1-3-4-6-5-7-2/h6H,3,7H2,1-2H3. The van der Waals surface area contributed by atoms with Crippen LogP contribution < -0.4 is 0 Å². The van der Waals surface area contributed by atoms with E-state index in [1.165, 1.54) is 0 Å². The molecule has 1 atom stereocenters. The molecule has 0 saturated heterocycles. The summed E-state index contributed by atoms with van der Waals surface area (Å²) in [7, 11) is 0.0750. The molecular formula is C3H11O2PSi. The second-order valence-corrected chi connectivity index (χ2v) is 3.14. The number of rotatable bonds is 4. The molecule has 1 unspecified atom stereocenters. The Hall–Kier alpha value is 0.567. The molecule has 0 aliphatic carbocycles. The van der Waals surface area contributed by atoms with Crippen molar-refractivity contribution in [3.63, 3.8) is 0 Å². The van der Waals surface area contributed by atoms with Crippen LogP contribution in [-0.4, -0.2) is 16.4 Å². The summed E-state index contributed by atoms with van der Waals surface area (Å²) in [4.78, 5) is 0. The molecule has 4 heteroatoms. The van der Waals surface area contributed by atoms with E-state index in [4.69, 9.17) is 8.74 Å². The van der Waals surface area contributed by atoms with Crippen LogP contribution in [0.15, 0.2) is 0 Å². The highest BCUT2D eigenvalue weighted by Gasteiger charge is 1.77. The lowest BCUT2D eigenvalue weighted by molar-refractivity contribution is 0.355. The molecule has 0 radical (unpaired) electrons. The van der Waals surface area contributed by atoms with E-state index in [0.717, 1.165) is 6.61 Å². The van der Waals surface area contributed by atoms with Gasteiger partial charge in [-0.3, -0.25) is 0 Å². The molecule has 0 amide bonds. The van der Waals surface area contributed by atoms with E-state index in [1.807, 2.05) is 6.92 Å². The van der Waals surface area contributed by atoms with Crippen LogP contribution in [0.3, 0.4) is 0 Å². The maximum atomic E-state index is 5.02. The summed E-state index contributed by atoms with van der Waals surface area (Å²) in [6.45, 7) is 4.83. The van der Waals surface area contributed by atoms with Crippen molar-refractivity contribution in [2.45, 2.75) is 13.5 Å². The first-order valence-electron chi connectivity index (χ1n) is 2.40. The van der Waals surface area contributed by atoms with E-state index in [0.29, 0.717) is 9.03 Å². The fraction of sp³-hybridized carbons (Fsp3) is 1.00. The van der Waals surface area contributed by atoms with Crippen LogP contribution in [0, 0.1) is 0 Å². The van der Waals surface area contributed by atoms with Gasteiger partial charge in [0, 0.05) is 0 Å². The van der Waals surface area contributed by atoms with Gasteiger partial charge in [-0.25, -0.2) is 0 Å². The Kier molecular flexibility index (Phi) is 7.10. The van der Waals surface area contributed by atoms with Crippen molar-refractivity contribution in [2.24, 2.45) is 0 Å². The maximum absolute atomic E-state index is 5.02. The summed E-state index contributed by atoms with van der Waals surface area (Å²) >= 11 is 0. The highest BCUT2D eigenvalue weighted by atomic mass is 31.1. The van der Waals surface area contributed by atoms with Crippen LogP contribution in [-0.2, 0) is 8.74 Å². The normalized spacial score (nSPS) is 12.9. The molecule has 0 rings (SSSR count). The molecule has 0 saturated carbocycles. The third-order valence-electron chi connectivity index (χ3n) is 0.407. The molecule has 0 fully saturated rings. The predicted molar refractivity (Wildman–Crippen MR) is 35.4 cm³/mol. The minimum Gasteiger partial charge on any atom is -0.385 e. The van der Waals surface area contributed by atoms with Crippen molar-refractivity contribution in [3.8, 4) is 0 Å². The van der Waals surface area contributed by atoms with Crippen LogP contribution in [0.2, 0.25) is 6.55 Å². The second kappa shape index (κ2) is 6.57. The molecule has 2 nitrogen and oxygen atoms in total. The maximum Gasteiger partial charge on any atom is 0.166 e. The SMILES string of the molecule is CCOPO[SiH2]C. The molecule has 0 aliphatic rings. The van der Waals surface area contributed by atoms with Gasteiger partial charge in [-0.2, -0.15) is 0 Å². The molecule has 0 spiro atoms. The molecule has 0 aromatic carbocycles. The van der Waals surface area contributed by atoms with E-state index < -0.39 is 0 Å². The van der Waals surface area contributed by atoms with Crippen LogP contribution in [0.1, 0.15) is 6.92 Å². The Balaban J connectivity index is 2.45. The molecule has 0 heterocycles. The molecule has 7 heavy (non-hydrogen) atoms. The first kappa shape index (κ1) is 7.57. The fourth-order valence-corrected chi connectivity index (χ4v) is 1.08. The second-order valence-electron chi connectivity index (χ2n) is 0.949. The van der Waals surface area contributed by atoms with Crippen LogP contribution in [0.4, 0.5) is 0 Å². The largest absolute Gasteiger partial charge is 0.385 e. The Labute approximate surface area is 48.5 Å². The number of hydrogen-bond donors (Lipinski definition) is 0. The summed E-state index contributed by atoms with van der Waals surface area (Å²) in [5.74, 6) is 0. The predicted octanol–water partition coefficient (Wildman–Crippen LogP) is 0.680. The lowest BCUT2D eigenvalue weighted by Crippen LogP contribution is -1.81. The monoisotopic (exact) mass is 138 g/mol. The minimum absolute atomic E-state index is 0.219. The molecule has 0 aromatic heterocycles. The Morgan fingerprint density at radius 3 is 2.86 bits per heavy atom. The van der Waals surface area contributed by atoms with Crippen molar-refractivity contribution >= 4 is 18.8 Å². The minimum atomic E-state index is -0.219. The quantitative estimate of drug-likeness (QED) is 0.323. The van der Waals surface area contributed by atoms with Gasteiger partial charge in [0.25, 0.3) is 0 Å². The van der Waals surface area contributed by atoms with Gasteiger partial charge in [0.2, 0.25) is 0 Å². The third-order valence-corrected chi connectivity index (χ3v) is 2.44. The summed E-state index contributed by atoms with van der Waals surface area (Å²) < 4.78 is 9.93. The van der Waals surface area contributed by atoms with Gasteiger partial charge < -0.3 is 8.74 Å². The Morgan fingerprint density at radius 1 is 1.71 bits per heavy atom. The zero-order chi connectivity index (χ0) is 5.54. The molecular weight excluding hydrogens is 127 g/mol. The smallest absolute Gasteiger partial charge is 0.166 e. The van der Waals surface area contributed by atoms with Crippen LogP contribution in [0.5, 0.6) is 0 Å². The molecule has 0 aliphatic heterocycles. The van der Waals surface area contributed by atoms with E-state index in [-0.39, 0.29) is 9.76 Å². The van der Waals surface area contributed by atoms with Crippen molar-refractivity contribution in [2.75, 3.05) is 6.61 Å². The zero-order valence-corrected chi connectivity index (χ0v) is 7.14. The summed E-state index contributed by atoms with van der Waals surface area (Å²) in [6, 6.07) is 0. The van der Waals surface area contributed by atoms with Gasteiger partial charge in [0.1, 0.15) is 9.03 Å².